The molecule has 1 saturated heterocycles. The predicted octanol–water partition coefficient (Wildman–Crippen LogP) is 2.18. The van der Waals surface area contributed by atoms with Gasteiger partial charge in [-0.1, -0.05) is 13.8 Å². The van der Waals surface area contributed by atoms with Crippen LogP contribution in [0.15, 0.2) is 24.3 Å². The monoisotopic (exact) mass is 345 g/mol. The number of hydrogen-bond donors (Lipinski definition) is 2. The zero-order chi connectivity index (χ0) is 18.8. The zero-order valence-corrected chi connectivity index (χ0v) is 14.9. The third-order valence-corrected chi connectivity index (χ3v) is 4.04. The fourth-order valence-electron chi connectivity index (χ4n) is 2.98. The van der Waals surface area contributed by atoms with Gasteiger partial charge in [0.1, 0.15) is 12.1 Å². The van der Waals surface area contributed by atoms with Gasteiger partial charge in [0.15, 0.2) is 5.78 Å². The second-order valence-electron chi connectivity index (χ2n) is 6.93. The van der Waals surface area contributed by atoms with Crippen molar-refractivity contribution in [2.24, 2.45) is 5.92 Å². The van der Waals surface area contributed by atoms with Crippen molar-refractivity contribution in [2.75, 3.05) is 11.9 Å². The van der Waals surface area contributed by atoms with E-state index in [4.69, 9.17) is 0 Å². The van der Waals surface area contributed by atoms with Crippen molar-refractivity contribution in [1.82, 2.24) is 10.2 Å². The molecule has 7 heteroatoms. The first-order valence-corrected chi connectivity index (χ1v) is 8.17. The number of hydrogen-bond acceptors (Lipinski definition) is 4. The van der Waals surface area contributed by atoms with Crippen molar-refractivity contribution < 1.29 is 19.2 Å². The minimum atomic E-state index is -0.978. The maximum absolute atomic E-state index is 12.5. The molecule has 0 saturated carbocycles. The summed E-state index contributed by atoms with van der Waals surface area (Å²) in [6, 6.07) is 5.85. The van der Waals surface area contributed by atoms with Gasteiger partial charge in [0.2, 0.25) is 5.91 Å². The highest BCUT2D eigenvalue weighted by molar-refractivity contribution is 6.10. The molecule has 0 spiro atoms. The molecule has 1 aromatic rings. The first-order chi connectivity index (χ1) is 11.6. The van der Waals surface area contributed by atoms with Crippen LogP contribution < -0.4 is 10.6 Å². The van der Waals surface area contributed by atoms with Gasteiger partial charge in [0.25, 0.3) is 5.91 Å². The van der Waals surface area contributed by atoms with E-state index in [1.165, 1.54) is 6.92 Å². The molecule has 1 aliphatic heterocycles. The van der Waals surface area contributed by atoms with E-state index in [9.17, 15) is 19.2 Å². The molecular weight excluding hydrogens is 322 g/mol. The van der Waals surface area contributed by atoms with Crippen molar-refractivity contribution in [3.05, 3.63) is 29.8 Å². The predicted molar refractivity (Wildman–Crippen MR) is 93.2 cm³/mol. The number of carbonyl (C=O) groups excluding carboxylic acids is 4. The summed E-state index contributed by atoms with van der Waals surface area (Å²) in [5.74, 6) is -0.717. The Kier molecular flexibility index (Phi) is 5.25. The molecule has 0 radical (unpaired) electrons. The zero-order valence-electron chi connectivity index (χ0n) is 14.9. The number of rotatable bonds is 6. The molecule has 1 heterocycles. The summed E-state index contributed by atoms with van der Waals surface area (Å²) in [4.78, 5) is 48.9. The molecule has 1 aromatic carbocycles. The van der Waals surface area contributed by atoms with Crippen molar-refractivity contribution in [2.45, 2.75) is 39.7 Å². The molecule has 25 heavy (non-hydrogen) atoms. The maximum Gasteiger partial charge on any atom is 0.325 e. The van der Waals surface area contributed by atoms with Gasteiger partial charge in [-0.3, -0.25) is 19.3 Å². The van der Waals surface area contributed by atoms with E-state index < -0.39 is 23.4 Å². The topological polar surface area (TPSA) is 95.6 Å². The van der Waals surface area contributed by atoms with Crippen molar-refractivity contribution in [3.8, 4) is 0 Å². The van der Waals surface area contributed by atoms with Gasteiger partial charge in [-0.25, -0.2) is 4.79 Å². The number of amides is 4. The maximum atomic E-state index is 12.5. The fourth-order valence-corrected chi connectivity index (χ4v) is 2.98. The average molecular weight is 345 g/mol. The average Bonchev–Trinajstić information content (AvgIpc) is 2.70. The SMILES string of the molecule is CC(=O)c1ccc(NC(=O)CN2C(=O)N[C@](C)(CC(C)C)C2=O)cc1. The first-order valence-electron chi connectivity index (χ1n) is 8.17. The van der Waals surface area contributed by atoms with E-state index >= 15 is 0 Å². The van der Waals surface area contributed by atoms with Crippen LogP contribution in [0.2, 0.25) is 0 Å². The molecule has 1 aliphatic rings. The van der Waals surface area contributed by atoms with Crippen LogP contribution in [0.3, 0.4) is 0 Å². The summed E-state index contributed by atoms with van der Waals surface area (Å²) in [5.41, 5.74) is 0.0535. The molecule has 134 valence electrons. The van der Waals surface area contributed by atoms with Gasteiger partial charge in [0, 0.05) is 11.3 Å². The lowest BCUT2D eigenvalue weighted by Gasteiger charge is -2.23. The molecule has 0 aliphatic carbocycles. The van der Waals surface area contributed by atoms with Crippen molar-refractivity contribution in [1.29, 1.82) is 0 Å². The van der Waals surface area contributed by atoms with E-state index in [0.29, 0.717) is 17.7 Å². The van der Waals surface area contributed by atoms with Crippen LogP contribution >= 0.6 is 0 Å². The molecule has 7 nitrogen and oxygen atoms in total. The minimum Gasteiger partial charge on any atom is -0.325 e. The Labute approximate surface area is 146 Å². The lowest BCUT2D eigenvalue weighted by atomic mass is 9.91. The van der Waals surface area contributed by atoms with E-state index in [1.54, 1.807) is 31.2 Å². The van der Waals surface area contributed by atoms with Crippen molar-refractivity contribution >= 4 is 29.3 Å². The Morgan fingerprint density at radius 2 is 1.80 bits per heavy atom. The highest BCUT2D eigenvalue weighted by atomic mass is 16.2. The number of nitrogens with zero attached hydrogens (tertiary/aromatic N) is 1. The number of imide groups is 1. The lowest BCUT2D eigenvalue weighted by molar-refractivity contribution is -0.133. The summed E-state index contributed by atoms with van der Waals surface area (Å²) in [7, 11) is 0. The molecule has 0 unspecified atom stereocenters. The second kappa shape index (κ2) is 7.04. The Morgan fingerprint density at radius 1 is 1.20 bits per heavy atom. The number of benzene rings is 1. The summed E-state index contributed by atoms with van der Waals surface area (Å²) >= 11 is 0. The fraction of sp³-hybridized carbons (Fsp3) is 0.444. The largest absolute Gasteiger partial charge is 0.325 e. The molecule has 1 atom stereocenters. The van der Waals surface area contributed by atoms with E-state index in [2.05, 4.69) is 10.6 Å². The van der Waals surface area contributed by atoms with Crippen LogP contribution in [-0.2, 0) is 9.59 Å². The van der Waals surface area contributed by atoms with Gasteiger partial charge in [-0.05, 0) is 50.5 Å². The van der Waals surface area contributed by atoms with Gasteiger partial charge < -0.3 is 10.6 Å². The van der Waals surface area contributed by atoms with Crippen LogP contribution in [0, 0.1) is 5.92 Å². The lowest BCUT2D eigenvalue weighted by Crippen LogP contribution is -2.45. The first kappa shape index (κ1) is 18.6. The summed E-state index contributed by atoms with van der Waals surface area (Å²) in [5, 5.41) is 5.29. The highest BCUT2D eigenvalue weighted by Gasteiger charge is 2.48. The highest BCUT2D eigenvalue weighted by Crippen LogP contribution is 2.24. The number of anilines is 1. The number of urea groups is 1. The third kappa shape index (κ3) is 4.23. The van der Waals surface area contributed by atoms with Crippen LogP contribution in [-0.4, -0.2) is 40.6 Å². The standard InChI is InChI=1S/C18H23N3O4/c1-11(2)9-18(4)16(24)21(17(25)20-18)10-15(23)19-14-7-5-13(6-8-14)12(3)22/h5-8,11H,9-10H2,1-4H3,(H,19,23)(H,20,25)/t18-/m1/s1. The van der Waals surface area contributed by atoms with Gasteiger partial charge in [-0.2, -0.15) is 0 Å². The molecular formula is C18H23N3O4. The number of Topliss-reactive ketones (excluding diaryl/α,β-unsaturated/α-hetero) is 1. The molecule has 2 rings (SSSR count). The summed E-state index contributed by atoms with van der Waals surface area (Å²) in [6.45, 7) is 6.70. The Balaban J connectivity index is 2.01. The quantitative estimate of drug-likeness (QED) is 0.610. The summed E-state index contributed by atoms with van der Waals surface area (Å²) < 4.78 is 0. The smallest absolute Gasteiger partial charge is 0.325 e. The Hall–Kier alpha value is -2.70. The van der Waals surface area contributed by atoms with Gasteiger partial charge in [0.05, 0.1) is 0 Å². The molecule has 2 N–H and O–H groups in total. The van der Waals surface area contributed by atoms with E-state index in [-0.39, 0.29) is 18.2 Å². The summed E-state index contributed by atoms with van der Waals surface area (Å²) in [6.07, 6.45) is 0.502. The van der Waals surface area contributed by atoms with Crippen LogP contribution in [0.5, 0.6) is 0 Å². The van der Waals surface area contributed by atoms with Crippen LogP contribution in [0.4, 0.5) is 10.5 Å². The van der Waals surface area contributed by atoms with Gasteiger partial charge in [-0.15, -0.1) is 0 Å². The number of ketones is 1. The molecule has 1 fully saturated rings. The third-order valence-electron chi connectivity index (χ3n) is 4.04. The Morgan fingerprint density at radius 3 is 2.32 bits per heavy atom. The molecule has 0 bridgehead atoms. The molecule has 4 amide bonds. The normalized spacial score (nSPS) is 20.0. The van der Waals surface area contributed by atoms with E-state index in [0.717, 1.165) is 4.90 Å². The molecule has 0 aromatic heterocycles. The van der Waals surface area contributed by atoms with Gasteiger partial charge >= 0.3 is 6.03 Å². The Bertz CT molecular complexity index is 712. The van der Waals surface area contributed by atoms with Crippen LogP contribution in [0.25, 0.3) is 0 Å². The van der Waals surface area contributed by atoms with Crippen molar-refractivity contribution in [3.63, 3.8) is 0 Å². The number of nitrogens with one attached hydrogen (secondary N) is 2. The van der Waals surface area contributed by atoms with Crippen LogP contribution in [0.1, 0.15) is 44.5 Å². The second-order valence-corrected chi connectivity index (χ2v) is 6.93. The minimum absolute atomic E-state index is 0.0679. The number of carbonyl (C=O) groups is 4. The van der Waals surface area contributed by atoms with E-state index in [1.807, 2.05) is 13.8 Å².